The summed E-state index contributed by atoms with van der Waals surface area (Å²) in [4.78, 5) is 15.3. The van der Waals surface area contributed by atoms with Crippen molar-refractivity contribution in [2.45, 2.75) is 11.2 Å². The van der Waals surface area contributed by atoms with Gasteiger partial charge in [0.15, 0.2) is 0 Å². The second-order valence-corrected chi connectivity index (χ2v) is 5.54. The van der Waals surface area contributed by atoms with Crippen LogP contribution in [0.25, 0.3) is 10.9 Å². The molecule has 1 aromatic carbocycles. The first kappa shape index (κ1) is 14.9. The minimum Gasteiger partial charge on any atom is -0.468 e. The van der Waals surface area contributed by atoms with Gasteiger partial charge in [-0.15, -0.1) is 0 Å². The Balaban J connectivity index is 1.89. The van der Waals surface area contributed by atoms with Crippen molar-refractivity contribution in [1.82, 2.24) is 10.3 Å². The Morgan fingerprint density at radius 1 is 1.40 bits per heavy atom. The van der Waals surface area contributed by atoms with E-state index in [1.807, 2.05) is 18.3 Å². The molecule has 20 heavy (non-hydrogen) atoms. The molecule has 0 fully saturated rings. The van der Waals surface area contributed by atoms with Crippen LogP contribution < -0.4 is 5.32 Å². The van der Waals surface area contributed by atoms with Gasteiger partial charge in [-0.1, -0.05) is 40.2 Å². The van der Waals surface area contributed by atoms with Crippen LogP contribution in [0, 0.1) is 0 Å². The molecule has 1 atom stereocenters. The third kappa shape index (κ3) is 3.77. The number of carbonyl (C=O) groups excluding carboxylic acids is 1. The second-order valence-electron chi connectivity index (χ2n) is 4.44. The van der Waals surface area contributed by atoms with Gasteiger partial charge < -0.3 is 10.1 Å². The quantitative estimate of drug-likeness (QED) is 0.499. The van der Waals surface area contributed by atoms with E-state index in [0.29, 0.717) is 6.54 Å². The van der Waals surface area contributed by atoms with E-state index in [1.54, 1.807) is 0 Å². The number of para-hydroxylation sites is 1. The molecule has 0 aliphatic carbocycles. The molecule has 0 saturated heterocycles. The average molecular weight is 337 g/mol. The summed E-state index contributed by atoms with van der Waals surface area (Å²) in [6, 6.07) is 10.2. The summed E-state index contributed by atoms with van der Waals surface area (Å²) in [7, 11) is 1.39. The van der Waals surface area contributed by atoms with E-state index in [-0.39, 0.29) is 10.8 Å². The number of hydrogen-bond acceptors (Lipinski definition) is 4. The van der Waals surface area contributed by atoms with Gasteiger partial charge in [-0.2, -0.15) is 0 Å². The summed E-state index contributed by atoms with van der Waals surface area (Å²) >= 11 is 3.28. The predicted octanol–water partition coefficient (Wildman–Crippen LogP) is 2.30. The molecule has 0 amide bonds. The van der Waals surface area contributed by atoms with Crippen molar-refractivity contribution >= 4 is 32.8 Å². The van der Waals surface area contributed by atoms with Gasteiger partial charge in [-0.25, -0.2) is 0 Å². The minimum absolute atomic E-state index is 0.260. The van der Waals surface area contributed by atoms with Crippen molar-refractivity contribution in [3.63, 3.8) is 0 Å². The molecule has 5 heteroatoms. The number of halogens is 1. The number of aromatic nitrogens is 1. The first-order valence-electron chi connectivity index (χ1n) is 6.47. The largest absolute Gasteiger partial charge is 0.468 e. The van der Waals surface area contributed by atoms with E-state index in [9.17, 15) is 4.79 Å². The lowest BCUT2D eigenvalue weighted by molar-refractivity contribution is -0.139. The van der Waals surface area contributed by atoms with Crippen LogP contribution in [0.5, 0.6) is 0 Å². The lowest BCUT2D eigenvalue weighted by atomic mass is 10.1. The molecule has 1 aromatic heterocycles. The molecule has 0 aliphatic heterocycles. The maximum Gasteiger partial charge on any atom is 0.320 e. The summed E-state index contributed by atoms with van der Waals surface area (Å²) in [5, 5.41) is 4.39. The van der Waals surface area contributed by atoms with Crippen LogP contribution in [-0.4, -0.2) is 36.0 Å². The van der Waals surface area contributed by atoms with Crippen molar-refractivity contribution in [3.05, 3.63) is 42.1 Å². The molecule has 0 bridgehead atoms. The first-order chi connectivity index (χ1) is 9.72. The highest BCUT2D eigenvalue weighted by Crippen LogP contribution is 2.15. The highest BCUT2D eigenvalue weighted by atomic mass is 79.9. The molecular weight excluding hydrogens is 320 g/mol. The molecule has 0 radical (unpaired) electrons. The van der Waals surface area contributed by atoms with Crippen LogP contribution in [0.15, 0.2) is 36.5 Å². The maximum absolute atomic E-state index is 11.2. The molecule has 0 spiro atoms. The van der Waals surface area contributed by atoms with Crippen LogP contribution in [0.2, 0.25) is 0 Å². The van der Waals surface area contributed by atoms with Gasteiger partial charge in [0, 0.05) is 18.1 Å². The molecule has 2 rings (SSSR count). The van der Waals surface area contributed by atoms with Crippen molar-refractivity contribution < 1.29 is 9.53 Å². The Bertz CT molecular complexity index is 584. The van der Waals surface area contributed by atoms with Crippen LogP contribution in [0.1, 0.15) is 5.56 Å². The first-order valence-corrected chi connectivity index (χ1v) is 7.39. The standard InChI is InChI=1S/C15H17BrN2O2/c1-20-15(19)13(16)10-17-9-7-12-5-2-4-11-6-3-8-18-14(11)12/h2-6,8,13,17H,7,9-10H2,1H3. The molecule has 2 aromatic rings. The number of rotatable bonds is 6. The van der Waals surface area contributed by atoms with Gasteiger partial charge in [0.05, 0.1) is 12.6 Å². The highest BCUT2D eigenvalue weighted by Gasteiger charge is 2.13. The molecule has 1 heterocycles. The van der Waals surface area contributed by atoms with Gasteiger partial charge in [0.2, 0.25) is 0 Å². The number of pyridine rings is 1. The monoisotopic (exact) mass is 336 g/mol. The minimum atomic E-state index is -0.307. The average Bonchev–Trinajstić information content (AvgIpc) is 2.50. The summed E-state index contributed by atoms with van der Waals surface area (Å²) in [5.41, 5.74) is 2.25. The van der Waals surface area contributed by atoms with Crippen LogP contribution in [-0.2, 0) is 16.0 Å². The van der Waals surface area contributed by atoms with Crippen molar-refractivity contribution in [3.8, 4) is 0 Å². The van der Waals surface area contributed by atoms with Crippen molar-refractivity contribution in [2.75, 3.05) is 20.2 Å². The number of hydrogen-bond donors (Lipinski definition) is 1. The Labute approximate surface area is 126 Å². The molecule has 0 saturated carbocycles. The van der Waals surface area contributed by atoms with Gasteiger partial charge in [-0.3, -0.25) is 9.78 Å². The number of nitrogens with one attached hydrogen (secondary N) is 1. The normalized spacial score (nSPS) is 12.3. The number of methoxy groups -OCH3 is 1. The summed E-state index contributed by atoms with van der Waals surface area (Å²) in [5.74, 6) is -0.260. The lowest BCUT2D eigenvalue weighted by Gasteiger charge is -2.10. The fourth-order valence-electron chi connectivity index (χ4n) is 2.03. The smallest absolute Gasteiger partial charge is 0.320 e. The van der Waals surface area contributed by atoms with Crippen molar-refractivity contribution in [1.29, 1.82) is 0 Å². The Morgan fingerprint density at radius 3 is 3.00 bits per heavy atom. The number of ether oxygens (including phenoxy) is 1. The van der Waals surface area contributed by atoms with Gasteiger partial charge in [-0.05, 0) is 24.6 Å². The SMILES string of the molecule is COC(=O)C(Br)CNCCc1cccc2cccnc12. The van der Waals surface area contributed by atoms with Crippen LogP contribution >= 0.6 is 15.9 Å². The molecule has 106 valence electrons. The van der Waals surface area contributed by atoms with Gasteiger partial charge in [0.25, 0.3) is 0 Å². The van der Waals surface area contributed by atoms with Crippen molar-refractivity contribution in [2.24, 2.45) is 0 Å². The zero-order valence-corrected chi connectivity index (χ0v) is 12.9. The molecule has 0 aliphatic rings. The zero-order chi connectivity index (χ0) is 14.4. The fraction of sp³-hybridized carbons (Fsp3) is 0.333. The maximum atomic E-state index is 11.2. The molecule has 1 unspecified atom stereocenters. The topological polar surface area (TPSA) is 51.2 Å². The number of carbonyl (C=O) groups is 1. The van der Waals surface area contributed by atoms with E-state index in [2.05, 4.69) is 49.2 Å². The van der Waals surface area contributed by atoms with E-state index < -0.39 is 0 Å². The van der Waals surface area contributed by atoms with E-state index in [0.717, 1.165) is 23.9 Å². The fourth-order valence-corrected chi connectivity index (χ4v) is 2.45. The summed E-state index contributed by atoms with van der Waals surface area (Å²) in [6.07, 6.45) is 2.68. The van der Waals surface area contributed by atoms with Gasteiger partial charge in [0.1, 0.15) is 4.83 Å². The Morgan fingerprint density at radius 2 is 2.20 bits per heavy atom. The predicted molar refractivity (Wildman–Crippen MR) is 83.0 cm³/mol. The zero-order valence-electron chi connectivity index (χ0n) is 11.3. The number of benzene rings is 1. The lowest BCUT2D eigenvalue weighted by Crippen LogP contribution is -2.30. The number of alkyl halides is 1. The van der Waals surface area contributed by atoms with Crippen LogP contribution in [0.3, 0.4) is 0 Å². The molecule has 1 N–H and O–H groups in total. The highest BCUT2D eigenvalue weighted by molar-refractivity contribution is 9.10. The van der Waals surface area contributed by atoms with E-state index >= 15 is 0 Å². The number of nitrogens with zero attached hydrogens (tertiary/aromatic N) is 1. The Hall–Kier alpha value is -1.46. The van der Waals surface area contributed by atoms with E-state index in [4.69, 9.17) is 0 Å². The number of fused-ring (bicyclic) bond motifs is 1. The summed E-state index contributed by atoms with van der Waals surface area (Å²) < 4.78 is 4.65. The Kier molecular flexibility index (Phi) is 5.49. The van der Waals surface area contributed by atoms with E-state index in [1.165, 1.54) is 12.7 Å². The third-order valence-corrected chi connectivity index (χ3v) is 3.77. The third-order valence-electron chi connectivity index (χ3n) is 3.07. The van der Waals surface area contributed by atoms with Crippen LogP contribution in [0.4, 0.5) is 0 Å². The second kappa shape index (κ2) is 7.36. The molecular formula is C15H17BrN2O2. The number of esters is 1. The summed E-state index contributed by atoms with van der Waals surface area (Å²) in [6.45, 7) is 1.33. The van der Waals surface area contributed by atoms with Gasteiger partial charge >= 0.3 is 5.97 Å². The molecule has 4 nitrogen and oxygen atoms in total.